The summed E-state index contributed by atoms with van der Waals surface area (Å²) in [6, 6.07) is 9.41. The average Bonchev–Trinajstić information content (AvgIpc) is 2.32. The van der Waals surface area contributed by atoms with Crippen LogP contribution >= 0.6 is 23.2 Å². The summed E-state index contributed by atoms with van der Waals surface area (Å²) in [5, 5.41) is 9.99. The molecule has 0 radical (unpaired) electrons. The van der Waals surface area contributed by atoms with E-state index in [-0.39, 0.29) is 5.15 Å². The third-order valence-corrected chi connectivity index (χ3v) is 3.27. The van der Waals surface area contributed by atoms with E-state index < -0.39 is 0 Å². The molecule has 84 valence electrons. The Balaban J connectivity index is 2.74. The van der Waals surface area contributed by atoms with Crippen molar-refractivity contribution in [2.24, 2.45) is 0 Å². The van der Waals surface area contributed by atoms with Crippen LogP contribution in [0.4, 0.5) is 0 Å². The van der Waals surface area contributed by atoms with Crippen LogP contribution in [0.5, 0.6) is 0 Å². The van der Waals surface area contributed by atoms with Crippen molar-refractivity contribution in [3.05, 3.63) is 51.8 Å². The van der Waals surface area contributed by atoms with E-state index in [2.05, 4.69) is 11.1 Å². The molecule has 0 aliphatic heterocycles. The van der Waals surface area contributed by atoms with Gasteiger partial charge in [0.15, 0.2) is 0 Å². The second kappa shape index (κ2) is 4.75. The van der Waals surface area contributed by atoms with Crippen LogP contribution in [0.2, 0.25) is 10.2 Å². The number of pyridine rings is 1. The first kappa shape index (κ1) is 11.9. The van der Waals surface area contributed by atoms with E-state index in [1.807, 2.05) is 25.1 Å². The molecule has 0 unspecified atom stereocenters. The van der Waals surface area contributed by atoms with Crippen molar-refractivity contribution in [1.82, 2.24) is 4.98 Å². The van der Waals surface area contributed by atoms with Gasteiger partial charge in [-0.1, -0.05) is 35.3 Å². The van der Waals surface area contributed by atoms with Gasteiger partial charge in [0, 0.05) is 16.8 Å². The number of benzene rings is 1. The Bertz CT molecular complexity index is 615. The number of nitriles is 1. The monoisotopic (exact) mass is 262 g/mol. The summed E-state index contributed by atoms with van der Waals surface area (Å²) in [5.41, 5.74) is 2.96. The average molecular weight is 263 g/mol. The molecule has 2 rings (SSSR count). The third kappa shape index (κ3) is 2.12. The lowest BCUT2D eigenvalue weighted by Crippen LogP contribution is -1.91. The van der Waals surface area contributed by atoms with Crippen molar-refractivity contribution in [1.29, 1.82) is 5.26 Å². The molecule has 2 nitrogen and oxygen atoms in total. The van der Waals surface area contributed by atoms with Crippen LogP contribution < -0.4 is 0 Å². The highest BCUT2D eigenvalue weighted by Gasteiger charge is 2.12. The standard InChI is InChI=1S/C13H8Cl2N2/c1-8-9(3-2-4-12(8)14)10-5-6-17-13(15)11(10)7-16/h2-6H,1H3. The van der Waals surface area contributed by atoms with Crippen LogP contribution in [-0.2, 0) is 0 Å². The van der Waals surface area contributed by atoms with Crippen molar-refractivity contribution in [2.45, 2.75) is 6.92 Å². The molecular formula is C13H8Cl2N2. The quantitative estimate of drug-likeness (QED) is 0.721. The van der Waals surface area contributed by atoms with Gasteiger partial charge in [0.2, 0.25) is 0 Å². The van der Waals surface area contributed by atoms with Crippen LogP contribution in [0, 0.1) is 18.3 Å². The van der Waals surface area contributed by atoms with E-state index in [1.54, 1.807) is 12.3 Å². The van der Waals surface area contributed by atoms with Crippen molar-refractivity contribution < 1.29 is 0 Å². The Morgan fingerprint density at radius 3 is 2.65 bits per heavy atom. The summed E-state index contributed by atoms with van der Waals surface area (Å²) in [7, 11) is 0. The Kier molecular flexibility index (Phi) is 3.33. The Morgan fingerprint density at radius 1 is 1.18 bits per heavy atom. The second-order valence-electron chi connectivity index (χ2n) is 3.55. The van der Waals surface area contributed by atoms with Crippen LogP contribution in [0.1, 0.15) is 11.1 Å². The van der Waals surface area contributed by atoms with E-state index in [0.29, 0.717) is 10.6 Å². The molecule has 0 fully saturated rings. The first-order chi connectivity index (χ1) is 8.15. The molecule has 2 aromatic rings. The summed E-state index contributed by atoms with van der Waals surface area (Å²) in [4.78, 5) is 3.90. The van der Waals surface area contributed by atoms with Crippen LogP contribution in [0.15, 0.2) is 30.5 Å². The van der Waals surface area contributed by atoms with Gasteiger partial charge in [0.05, 0.1) is 5.56 Å². The lowest BCUT2D eigenvalue weighted by Gasteiger charge is -2.09. The molecule has 1 aromatic heterocycles. The maximum Gasteiger partial charge on any atom is 0.147 e. The van der Waals surface area contributed by atoms with Crippen LogP contribution in [-0.4, -0.2) is 4.98 Å². The Morgan fingerprint density at radius 2 is 1.94 bits per heavy atom. The van der Waals surface area contributed by atoms with Crippen molar-refractivity contribution >= 4 is 23.2 Å². The zero-order valence-corrected chi connectivity index (χ0v) is 10.5. The molecule has 0 aliphatic rings. The molecule has 0 saturated carbocycles. The highest BCUT2D eigenvalue weighted by atomic mass is 35.5. The third-order valence-electron chi connectivity index (χ3n) is 2.57. The molecule has 0 amide bonds. The molecular weight excluding hydrogens is 255 g/mol. The first-order valence-electron chi connectivity index (χ1n) is 4.95. The zero-order chi connectivity index (χ0) is 12.4. The minimum atomic E-state index is 0.212. The molecule has 1 aromatic carbocycles. The van der Waals surface area contributed by atoms with Crippen LogP contribution in [0.3, 0.4) is 0 Å². The number of nitrogens with zero attached hydrogens (tertiary/aromatic N) is 2. The highest BCUT2D eigenvalue weighted by Crippen LogP contribution is 2.32. The zero-order valence-electron chi connectivity index (χ0n) is 9.04. The van der Waals surface area contributed by atoms with Crippen molar-refractivity contribution in [2.75, 3.05) is 0 Å². The van der Waals surface area contributed by atoms with E-state index in [1.165, 1.54) is 0 Å². The summed E-state index contributed by atoms with van der Waals surface area (Å²) in [5.74, 6) is 0. The second-order valence-corrected chi connectivity index (χ2v) is 4.31. The fraction of sp³-hybridized carbons (Fsp3) is 0.0769. The molecule has 0 saturated heterocycles. The minimum absolute atomic E-state index is 0.212. The molecule has 0 spiro atoms. The van der Waals surface area contributed by atoms with E-state index in [4.69, 9.17) is 28.5 Å². The molecule has 0 aliphatic carbocycles. The summed E-state index contributed by atoms with van der Waals surface area (Å²) in [6.45, 7) is 1.91. The minimum Gasteiger partial charge on any atom is -0.243 e. The number of rotatable bonds is 1. The predicted octanol–water partition coefficient (Wildman–Crippen LogP) is 4.24. The van der Waals surface area contributed by atoms with E-state index in [9.17, 15) is 0 Å². The maximum absolute atomic E-state index is 9.11. The smallest absolute Gasteiger partial charge is 0.147 e. The summed E-state index contributed by atoms with van der Waals surface area (Å²) < 4.78 is 0. The maximum atomic E-state index is 9.11. The molecule has 0 N–H and O–H groups in total. The van der Waals surface area contributed by atoms with Gasteiger partial charge in [0.1, 0.15) is 11.2 Å². The molecule has 1 heterocycles. The number of halogens is 2. The van der Waals surface area contributed by atoms with Gasteiger partial charge < -0.3 is 0 Å². The van der Waals surface area contributed by atoms with Gasteiger partial charge in [-0.25, -0.2) is 4.98 Å². The lowest BCUT2D eigenvalue weighted by atomic mass is 9.98. The van der Waals surface area contributed by atoms with E-state index in [0.717, 1.165) is 16.7 Å². The van der Waals surface area contributed by atoms with Crippen molar-refractivity contribution in [3.63, 3.8) is 0 Å². The number of aromatic nitrogens is 1. The highest BCUT2D eigenvalue weighted by molar-refractivity contribution is 6.32. The number of hydrogen-bond donors (Lipinski definition) is 0. The largest absolute Gasteiger partial charge is 0.243 e. The van der Waals surface area contributed by atoms with E-state index >= 15 is 0 Å². The summed E-state index contributed by atoms with van der Waals surface area (Å²) in [6.07, 6.45) is 1.58. The molecule has 0 atom stereocenters. The van der Waals surface area contributed by atoms with Gasteiger partial charge in [0.25, 0.3) is 0 Å². The Labute approximate surface area is 109 Å². The van der Waals surface area contributed by atoms with Gasteiger partial charge in [-0.15, -0.1) is 0 Å². The number of hydrogen-bond acceptors (Lipinski definition) is 2. The molecule has 17 heavy (non-hydrogen) atoms. The van der Waals surface area contributed by atoms with Gasteiger partial charge in [-0.3, -0.25) is 0 Å². The lowest BCUT2D eigenvalue weighted by molar-refractivity contribution is 1.30. The fourth-order valence-electron chi connectivity index (χ4n) is 1.67. The van der Waals surface area contributed by atoms with Crippen molar-refractivity contribution in [3.8, 4) is 17.2 Å². The van der Waals surface area contributed by atoms with Gasteiger partial charge >= 0.3 is 0 Å². The Hall–Kier alpha value is -1.56. The van der Waals surface area contributed by atoms with Gasteiger partial charge in [-0.05, 0) is 30.2 Å². The SMILES string of the molecule is Cc1c(Cl)cccc1-c1ccnc(Cl)c1C#N. The van der Waals surface area contributed by atoms with Crippen LogP contribution in [0.25, 0.3) is 11.1 Å². The van der Waals surface area contributed by atoms with Gasteiger partial charge in [-0.2, -0.15) is 5.26 Å². The fourth-order valence-corrected chi connectivity index (χ4v) is 2.04. The molecule has 4 heteroatoms. The predicted molar refractivity (Wildman–Crippen MR) is 69.1 cm³/mol. The normalized spacial score (nSPS) is 10.0. The summed E-state index contributed by atoms with van der Waals surface area (Å²) >= 11 is 12.0. The molecule has 0 bridgehead atoms. The first-order valence-corrected chi connectivity index (χ1v) is 5.71. The topological polar surface area (TPSA) is 36.7 Å².